The fourth-order valence-electron chi connectivity index (χ4n) is 2.75. The number of anilines is 1. The van der Waals surface area contributed by atoms with Gasteiger partial charge in [-0.2, -0.15) is 0 Å². The normalized spacial score (nSPS) is 14.0. The van der Waals surface area contributed by atoms with Gasteiger partial charge in [-0.25, -0.2) is 4.98 Å². The average Bonchev–Trinajstić information content (AvgIpc) is 2.99. The molecule has 0 unspecified atom stereocenters. The average molecular weight is 292 g/mol. The number of fused-ring (bicyclic) bond motifs is 1. The monoisotopic (exact) mass is 292 g/mol. The van der Waals surface area contributed by atoms with Crippen molar-refractivity contribution in [1.29, 1.82) is 0 Å². The predicted octanol–water partition coefficient (Wildman–Crippen LogP) is 3.00. The molecule has 0 aromatic carbocycles. The van der Waals surface area contributed by atoms with Crippen LogP contribution in [-0.4, -0.2) is 21.5 Å². The molecule has 5 nitrogen and oxygen atoms in total. The van der Waals surface area contributed by atoms with Crippen LogP contribution in [0.2, 0.25) is 0 Å². The van der Waals surface area contributed by atoms with E-state index in [0.717, 1.165) is 42.4 Å². The number of hydrogen-bond donors (Lipinski definition) is 0. The van der Waals surface area contributed by atoms with Crippen molar-refractivity contribution in [2.75, 3.05) is 11.4 Å². The molecule has 3 aromatic rings. The fraction of sp³-hybridized carbons (Fsp3) is 0.235. The van der Waals surface area contributed by atoms with Crippen molar-refractivity contribution in [3.05, 3.63) is 59.9 Å². The Balaban J connectivity index is 1.63. The number of hydrogen-bond acceptors (Lipinski definition) is 5. The molecule has 110 valence electrons. The second-order valence-electron chi connectivity index (χ2n) is 5.43. The molecule has 0 aliphatic carbocycles. The summed E-state index contributed by atoms with van der Waals surface area (Å²) in [4.78, 5) is 15.5. The highest BCUT2D eigenvalue weighted by atomic mass is 16.4. The molecule has 3 aromatic heterocycles. The van der Waals surface area contributed by atoms with Crippen molar-refractivity contribution in [2.45, 2.75) is 19.9 Å². The van der Waals surface area contributed by atoms with Crippen molar-refractivity contribution in [2.24, 2.45) is 0 Å². The van der Waals surface area contributed by atoms with Crippen LogP contribution in [0.25, 0.3) is 11.6 Å². The topological polar surface area (TPSA) is 55.1 Å². The first-order valence-electron chi connectivity index (χ1n) is 7.37. The molecule has 0 fully saturated rings. The lowest BCUT2D eigenvalue weighted by Gasteiger charge is -2.27. The minimum atomic E-state index is 0.610. The van der Waals surface area contributed by atoms with Crippen LogP contribution in [0, 0.1) is 6.92 Å². The highest BCUT2D eigenvalue weighted by Gasteiger charge is 2.23. The second kappa shape index (κ2) is 5.26. The van der Waals surface area contributed by atoms with Crippen LogP contribution in [0.1, 0.15) is 17.1 Å². The molecule has 1 aliphatic heterocycles. The summed E-state index contributed by atoms with van der Waals surface area (Å²) in [6, 6.07) is 9.89. The molecule has 4 rings (SSSR count). The summed E-state index contributed by atoms with van der Waals surface area (Å²) >= 11 is 0. The van der Waals surface area contributed by atoms with Crippen LogP contribution in [0.5, 0.6) is 0 Å². The predicted molar refractivity (Wildman–Crippen MR) is 83.5 cm³/mol. The maximum absolute atomic E-state index is 5.89. The van der Waals surface area contributed by atoms with Gasteiger partial charge in [0, 0.05) is 36.7 Å². The number of aromatic nitrogens is 3. The van der Waals surface area contributed by atoms with E-state index in [9.17, 15) is 0 Å². The summed E-state index contributed by atoms with van der Waals surface area (Å²) in [5, 5.41) is 0. The van der Waals surface area contributed by atoms with Crippen LogP contribution in [-0.2, 0) is 13.0 Å². The van der Waals surface area contributed by atoms with Crippen molar-refractivity contribution in [1.82, 2.24) is 15.0 Å². The molecule has 1 aliphatic rings. The number of oxazole rings is 1. The first-order chi connectivity index (χ1) is 10.8. The van der Waals surface area contributed by atoms with Gasteiger partial charge in [-0.05, 0) is 31.2 Å². The Morgan fingerprint density at radius 2 is 2.09 bits per heavy atom. The van der Waals surface area contributed by atoms with Crippen molar-refractivity contribution < 1.29 is 4.42 Å². The highest BCUT2D eigenvalue weighted by molar-refractivity contribution is 5.51. The Morgan fingerprint density at radius 1 is 1.14 bits per heavy atom. The lowest BCUT2D eigenvalue weighted by atomic mass is 10.1. The van der Waals surface area contributed by atoms with Crippen molar-refractivity contribution in [3.63, 3.8) is 0 Å². The first kappa shape index (κ1) is 13.0. The number of pyridine rings is 2. The van der Waals surface area contributed by atoms with Gasteiger partial charge in [-0.15, -0.1) is 0 Å². The van der Waals surface area contributed by atoms with E-state index in [4.69, 9.17) is 4.42 Å². The lowest BCUT2D eigenvalue weighted by molar-refractivity contribution is 0.498. The largest absolute Gasteiger partial charge is 0.439 e. The minimum Gasteiger partial charge on any atom is -0.439 e. The number of nitrogens with zero attached hydrogens (tertiary/aromatic N) is 4. The summed E-state index contributed by atoms with van der Waals surface area (Å²) in [5.74, 6) is 1.58. The zero-order chi connectivity index (χ0) is 14.9. The van der Waals surface area contributed by atoms with Crippen LogP contribution in [0.15, 0.2) is 47.1 Å². The SMILES string of the molecule is Cc1cc(N2CCc3oc(-c4ccccn4)nc3C2)ccn1. The second-order valence-corrected chi connectivity index (χ2v) is 5.43. The standard InChI is InChI=1S/C17H16N4O/c1-12-10-13(5-8-18-12)21-9-6-16-15(11-21)20-17(22-16)14-4-2-3-7-19-14/h2-5,7-8,10H,6,9,11H2,1H3. The van der Waals surface area contributed by atoms with E-state index < -0.39 is 0 Å². The molecule has 4 heterocycles. The van der Waals surface area contributed by atoms with Crippen LogP contribution < -0.4 is 4.90 Å². The fourth-order valence-corrected chi connectivity index (χ4v) is 2.75. The molecule has 22 heavy (non-hydrogen) atoms. The summed E-state index contributed by atoms with van der Waals surface area (Å²) < 4.78 is 5.89. The van der Waals surface area contributed by atoms with Gasteiger partial charge >= 0.3 is 0 Å². The smallest absolute Gasteiger partial charge is 0.245 e. The van der Waals surface area contributed by atoms with E-state index in [-0.39, 0.29) is 0 Å². The lowest BCUT2D eigenvalue weighted by Crippen LogP contribution is -2.30. The third kappa shape index (κ3) is 2.35. The van der Waals surface area contributed by atoms with Crippen molar-refractivity contribution >= 4 is 5.69 Å². The van der Waals surface area contributed by atoms with Gasteiger partial charge in [0.2, 0.25) is 5.89 Å². The van der Waals surface area contributed by atoms with Gasteiger partial charge in [-0.3, -0.25) is 9.97 Å². The molecular formula is C17H16N4O. The zero-order valence-corrected chi connectivity index (χ0v) is 12.4. The zero-order valence-electron chi connectivity index (χ0n) is 12.4. The van der Waals surface area contributed by atoms with E-state index in [1.807, 2.05) is 37.4 Å². The summed E-state index contributed by atoms with van der Waals surface area (Å²) in [5.41, 5.74) is 3.99. The van der Waals surface area contributed by atoms with E-state index in [1.54, 1.807) is 6.20 Å². The molecular weight excluding hydrogens is 276 g/mol. The molecule has 0 spiro atoms. The Bertz CT molecular complexity index is 797. The maximum atomic E-state index is 5.89. The van der Waals surface area contributed by atoms with Gasteiger partial charge in [0.15, 0.2) is 0 Å². The van der Waals surface area contributed by atoms with E-state index >= 15 is 0 Å². The molecule has 5 heteroatoms. The van der Waals surface area contributed by atoms with Gasteiger partial charge in [-0.1, -0.05) is 6.07 Å². The van der Waals surface area contributed by atoms with E-state index in [0.29, 0.717) is 5.89 Å². The minimum absolute atomic E-state index is 0.610. The molecule has 0 saturated heterocycles. The first-order valence-corrected chi connectivity index (χ1v) is 7.37. The van der Waals surface area contributed by atoms with Crippen LogP contribution >= 0.6 is 0 Å². The Labute approximate surface area is 128 Å². The van der Waals surface area contributed by atoms with Crippen molar-refractivity contribution in [3.8, 4) is 11.6 Å². The third-order valence-electron chi connectivity index (χ3n) is 3.86. The van der Waals surface area contributed by atoms with Gasteiger partial charge in [0.25, 0.3) is 0 Å². The third-order valence-corrected chi connectivity index (χ3v) is 3.86. The molecule has 0 atom stereocenters. The summed E-state index contributed by atoms with van der Waals surface area (Å²) in [7, 11) is 0. The Morgan fingerprint density at radius 3 is 2.91 bits per heavy atom. The van der Waals surface area contributed by atoms with Gasteiger partial charge < -0.3 is 9.32 Å². The Hall–Kier alpha value is -2.69. The van der Waals surface area contributed by atoms with E-state index in [2.05, 4.69) is 25.9 Å². The molecule has 0 radical (unpaired) electrons. The highest BCUT2D eigenvalue weighted by Crippen LogP contribution is 2.27. The van der Waals surface area contributed by atoms with Gasteiger partial charge in [0.1, 0.15) is 17.1 Å². The molecule has 0 N–H and O–H groups in total. The number of aryl methyl sites for hydroxylation is 1. The number of rotatable bonds is 2. The van der Waals surface area contributed by atoms with E-state index in [1.165, 1.54) is 5.69 Å². The Kier molecular flexibility index (Phi) is 3.11. The van der Waals surface area contributed by atoms with Gasteiger partial charge in [0.05, 0.1) is 6.54 Å². The summed E-state index contributed by atoms with van der Waals surface area (Å²) in [6.45, 7) is 3.69. The maximum Gasteiger partial charge on any atom is 0.245 e. The quantitative estimate of drug-likeness (QED) is 0.726. The molecule has 0 amide bonds. The molecule has 0 saturated carbocycles. The van der Waals surface area contributed by atoms with Crippen LogP contribution in [0.3, 0.4) is 0 Å². The van der Waals surface area contributed by atoms with Crippen LogP contribution in [0.4, 0.5) is 5.69 Å². The molecule has 0 bridgehead atoms. The summed E-state index contributed by atoms with van der Waals surface area (Å²) in [6.07, 6.45) is 4.46.